The number of thioether (sulfide) groups is 1. The van der Waals surface area contributed by atoms with Crippen LogP contribution in [0.4, 0.5) is 0 Å². The number of carbonyl (C=O) groups is 1. The molecule has 1 atom stereocenters. The smallest absolute Gasteiger partial charge is 0.179 e. The second-order valence-corrected chi connectivity index (χ2v) is 8.32. The fourth-order valence-electron chi connectivity index (χ4n) is 3.28. The van der Waals surface area contributed by atoms with Gasteiger partial charge < -0.3 is 4.74 Å². The summed E-state index contributed by atoms with van der Waals surface area (Å²) in [7, 11) is 0. The largest absolute Gasteiger partial charge is 0.375 e. The molecule has 0 amide bonds. The zero-order chi connectivity index (χ0) is 14.9. The van der Waals surface area contributed by atoms with Crippen LogP contribution in [0.3, 0.4) is 0 Å². The van der Waals surface area contributed by atoms with Crippen molar-refractivity contribution in [2.45, 2.75) is 51.0 Å². The summed E-state index contributed by atoms with van der Waals surface area (Å²) in [6, 6.07) is 0. The Balaban J connectivity index is 1.76. The van der Waals surface area contributed by atoms with E-state index in [-0.39, 0.29) is 23.2 Å². The van der Waals surface area contributed by atoms with E-state index in [1.165, 1.54) is 11.5 Å². The Bertz CT molecular complexity index is 504. The number of hydrogen-bond acceptors (Lipinski definition) is 6. The molecule has 3 heterocycles. The van der Waals surface area contributed by atoms with E-state index in [4.69, 9.17) is 4.74 Å². The lowest BCUT2D eigenvalue weighted by atomic mass is 9.79. The lowest BCUT2D eigenvalue weighted by Gasteiger charge is -2.42. The highest BCUT2D eigenvalue weighted by Crippen LogP contribution is 2.41. The van der Waals surface area contributed by atoms with E-state index in [2.05, 4.69) is 23.4 Å². The molecule has 1 aromatic rings. The molecule has 116 valence electrons. The number of nitrogens with zero attached hydrogens (tertiary/aromatic N) is 2. The van der Waals surface area contributed by atoms with Gasteiger partial charge >= 0.3 is 0 Å². The predicted octanol–water partition coefficient (Wildman–Crippen LogP) is 3.54. The number of carbonyl (C=O) groups excluding carboxylic acids is 1. The SMILES string of the molecule is CC(C)c1nnsc1C(=O)C1CCOC2(CCSCC2)C1. The molecule has 3 rings (SSSR count). The van der Waals surface area contributed by atoms with Crippen LogP contribution < -0.4 is 0 Å². The van der Waals surface area contributed by atoms with Crippen LogP contribution in [0.1, 0.15) is 60.8 Å². The molecule has 2 aliphatic heterocycles. The molecule has 0 radical (unpaired) electrons. The van der Waals surface area contributed by atoms with Crippen LogP contribution in [0.5, 0.6) is 0 Å². The van der Waals surface area contributed by atoms with Crippen LogP contribution in [0.15, 0.2) is 0 Å². The Morgan fingerprint density at radius 3 is 2.86 bits per heavy atom. The van der Waals surface area contributed by atoms with Gasteiger partial charge in [0.05, 0.1) is 11.3 Å². The van der Waals surface area contributed by atoms with Crippen LogP contribution in [0, 0.1) is 5.92 Å². The number of ether oxygens (including phenoxy) is 1. The summed E-state index contributed by atoms with van der Waals surface area (Å²) in [4.78, 5) is 13.7. The van der Waals surface area contributed by atoms with Crippen LogP contribution in [0.2, 0.25) is 0 Å². The van der Waals surface area contributed by atoms with Gasteiger partial charge in [-0.1, -0.05) is 18.3 Å². The average Bonchev–Trinajstić information content (AvgIpc) is 2.97. The third-order valence-corrected chi connectivity index (χ3v) is 6.29. The maximum atomic E-state index is 12.9. The van der Waals surface area contributed by atoms with Crippen molar-refractivity contribution in [3.63, 3.8) is 0 Å². The zero-order valence-corrected chi connectivity index (χ0v) is 14.3. The van der Waals surface area contributed by atoms with Crippen molar-refractivity contribution in [1.82, 2.24) is 9.59 Å². The van der Waals surface area contributed by atoms with E-state index in [1.807, 2.05) is 11.8 Å². The highest BCUT2D eigenvalue weighted by Gasteiger charge is 2.41. The molecule has 0 bridgehead atoms. The number of aromatic nitrogens is 2. The van der Waals surface area contributed by atoms with E-state index in [0.29, 0.717) is 6.61 Å². The van der Waals surface area contributed by atoms with Crippen LogP contribution in [-0.4, -0.2) is 39.1 Å². The number of Topliss-reactive ketones (excluding diaryl/α,β-unsaturated/α-hetero) is 1. The summed E-state index contributed by atoms with van der Waals surface area (Å²) in [6.45, 7) is 4.85. The van der Waals surface area contributed by atoms with Gasteiger partial charge in [0.2, 0.25) is 0 Å². The average molecular weight is 326 g/mol. The van der Waals surface area contributed by atoms with E-state index >= 15 is 0 Å². The van der Waals surface area contributed by atoms with Crippen molar-refractivity contribution in [3.8, 4) is 0 Å². The number of ketones is 1. The molecule has 2 fully saturated rings. The molecule has 4 nitrogen and oxygen atoms in total. The Labute approximate surface area is 134 Å². The molecule has 1 unspecified atom stereocenters. The topological polar surface area (TPSA) is 52.1 Å². The highest BCUT2D eigenvalue weighted by atomic mass is 32.2. The molecule has 2 aliphatic rings. The molecule has 1 aromatic heterocycles. The summed E-state index contributed by atoms with van der Waals surface area (Å²) in [5.41, 5.74) is 0.824. The third kappa shape index (κ3) is 3.17. The first-order valence-electron chi connectivity index (χ1n) is 7.69. The zero-order valence-electron chi connectivity index (χ0n) is 12.6. The molecule has 0 N–H and O–H groups in total. The van der Waals surface area contributed by atoms with Gasteiger partial charge in [0.25, 0.3) is 0 Å². The minimum absolute atomic E-state index is 0.0417. The molecule has 0 aromatic carbocycles. The first kappa shape index (κ1) is 15.4. The molecular formula is C15H22N2O2S2. The summed E-state index contributed by atoms with van der Waals surface area (Å²) in [5.74, 6) is 2.89. The Morgan fingerprint density at radius 1 is 1.38 bits per heavy atom. The fraction of sp³-hybridized carbons (Fsp3) is 0.800. The maximum Gasteiger partial charge on any atom is 0.179 e. The fourth-order valence-corrected chi connectivity index (χ4v) is 5.35. The minimum atomic E-state index is -0.0417. The third-order valence-electron chi connectivity index (χ3n) is 4.55. The van der Waals surface area contributed by atoms with Crippen LogP contribution in [0.25, 0.3) is 0 Å². The summed E-state index contributed by atoms with van der Waals surface area (Å²) < 4.78 is 10.1. The molecule has 0 saturated carbocycles. The number of hydrogen-bond donors (Lipinski definition) is 0. The highest BCUT2D eigenvalue weighted by molar-refractivity contribution is 7.99. The van der Waals surface area contributed by atoms with Gasteiger partial charge in [0, 0.05) is 12.5 Å². The maximum absolute atomic E-state index is 12.9. The summed E-state index contributed by atoms with van der Waals surface area (Å²) >= 11 is 3.25. The van der Waals surface area contributed by atoms with Gasteiger partial charge in [-0.3, -0.25) is 4.79 Å². The molecule has 21 heavy (non-hydrogen) atoms. The normalized spacial score (nSPS) is 25.4. The lowest BCUT2D eigenvalue weighted by Crippen LogP contribution is -2.44. The first-order chi connectivity index (χ1) is 10.1. The minimum Gasteiger partial charge on any atom is -0.375 e. The lowest BCUT2D eigenvalue weighted by molar-refractivity contribution is -0.0959. The second kappa shape index (κ2) is 6.34. The monoisotopic (exact) mass is 326 g/mol. The van der Waals surface area contributed by atoms with E-state index in [9.17, 15) is 4.79 Å². The molecule has 0 aliphatic carbocycles. The molecule has 1 spiro atoms. The predicted molar refractivity (Wildman–Crippen MR) is 86.3 cm³/mol. The summed E-state index contributed by atoms with van der Waals surface area (Å²) in [6.07, 6.45) is 3.88. The molecular weight excluding hydrogens is 304 g/mol. The van der Waals surface area contributed by atoms with Gasteiger partial charge in [-0.2, -0.15) is 11.8 Å². The van der Waals surface area contributed by atoms with E-state index < -0.39 is 0 Å². The molecule has 2 saturated heterocycles. The standard InChI is InChI=1S/C15H22N2O2S2/c1-10(2)12-14(21-17-16-12)13(18)11-3-6-19-15(9-11)4-7-20-8-5-15/h10-11H,3-9H2,1-2H3. The first-order valence-corrected chi connectivity index (χ1v) is 9.62. The Hall–Kier alpha value is -0.460. The Morgan fingerprint density at radius 2 is 2.14 bits per heavy atom. The van der Waals surface area contributed by atoms with E-state index in [1.54, 1.807) is 0 Å². The van der Waals surface area contributed by atoms with Gasteiger partial charge in [-0.25, -0.2) is 0 Å². The van der Waals surface area contributed by atoms with Crippen molar-refractivity contribution in [2.75, 3.05) is 18.1 Å². The van der Waals surface area contributed by atoms with Crippen molar-refractivity contribution in [3.05, 3.63) is 10.6 Å². The van der Waals surface area contributed by atoms with Crippen molar-refractivity contribution >= 4 is 29.1 Å². The number of rotatable bonds is 3. The second-order valence-electron chi connectivity index (χ2n) is 6.34. The quantitative estimate of drug-likeness (QED) is 0.795. The molecule has 6 heteroatoms. The Kier molecular flexibility index (Phi) is 4.66. The summed E-state index contributed by atoms with van der Waals surface area (Å²) in [5, 5.41) is 4.15. The van der Waals surface area contributed by atoms with Gasteiger partial charge in [0.1, 0.15) is 4.88 Å². The van der Waals surface area contributed by atoms with Gasteiger partial charge in [-0.15, -0.1) is 5.10 Å². The van der Waals surface area contributed by atoms with Crippen LogP contribution in [-0.2, 0) is 4.74 Å². The van der Waals surface area contributed by atoms with Gasteiger partial charge in [0.15, 0.2) is 5.78 Å². The van der Waals surface area contributed by atoms with Crippen molar-refractivity contribution < 1.29 is 9.53 Å². The van der Waals surface area contributed by atoms with Gasteiger partial charge in [-0.05, 0) is 54.6 Å². The van der Waals surface area contributed by atoms with E-state index in [0.717, 1.165) is 47.8 Å². The van der Waals surface area contributed by atoms with Crippen molar-refractivity contribution in [2.24, 2.45) is 5.92 Å². The van der Waals surface area contributed by atoms with Crippen LogP contribution >= 0.6 is 23.3 Å². The van der Waals surface area contributed by atoms with Crippen molar-refractivity contribution in [1.29, 1.82) is 0 Å².